The molecule has 1 aliphatic rings. The quantitative estimate of drug-likeness (QED) is 0.870. The van der Waals surface area contributed by atoms with E-state index in [0.29, 0.717) is 23.6 Å². The summed E-state index contributed by atoms with van der Waals surface area (Å²) in [6.07, 6.45) is 0. The number of methoxy groups -OCH3 is 2. The largest absolute Gasteiger partial charge is 0.497 e. The summed E-state index contributed by atoms with van der Waals surface area (Å²) in [6.45, 7) is 2.27. The molecule has 1 amide bonds. The number of ether oxygens (including phenoxy) is 2. The molecule has 2 aromatic rings. The molecule has 0 aliphatic carbocycles. The normalized spacial score (nSPS) is 14.7. The highest BCUT2D eigenvalue weighted by Gasteiger charge is 2.26. The fourth-order valence-corrected chi connectivity index (χ4v) is 3.01. The van der Waals surface area contributed by atoms with E-state index in [9.17, 15) is 4.79 Å². The average molecular weight is 326 g/mol. The molecule has 5 heteroatoms. The number of likely N-dealkylation sites (N-methyl/N-ethyl adjacent to an activating group) is 1. The van der Waals surface area contributed by atoms with Crippen LogP contribution >= 0.6 is 0 Å². The molecule has 3 rings (SSSR count). The van der Waals surface area contributed by atoms with E-state index < -0.39 is 0 Å². The van der Waals surface area contributed by atoms with Crippen LogP contribution in [0, 0.1) is 0 Å². The molecule has 5 nitrogen and oxygen atoms in total. The van der Waals surface area contributed by atoms with Crippen molar-refractivity contribution in [2.24, 2.45) is 0 Å². The summed E-state index contributed by atoms with van der Waals surface area (Å²) in [5, 5.41) is 0. The minimum Gasteiger partial charge on any atom is -0.497 e. The van der Waals surface area contributed by atoms with Crippen LogP contribution < -0.4 is 14.4 Å². The van der Waals surface area contributed by atoms with Gasteiger partial charge in [0.05, 0.1) is 19.8 Å². The molecule has 126 valence electrons. The molecule has 0 radical (unpaired) electrons. The van der Waals surface area contributed by atoms with Crippen molar-refractivity contribution in [1.82, 2.24) is 4.90 Å². The van der Waals surface area contributed by atoms with Gasteiger partial charge in [-0.2, -0.15) is 0 Å². The van der Waals surface area contributed by atoms with Gasteiger partial charge in [0.1, 0.15) is 11.5 Å². The lowest BCUT2D eigenvalue weighted by Gasteiger charge is -2.24. The second kappa shape index (κ2) is 6.93. The minimum atomic E-state index is -0.0755. The van der Waals surface area contributed by atoms with Gasteiger partial charge >= 0.3 is 0 Å². The zero-order valence-corrected chi connectivity index (χ0v) is 14.3. The maximum absolute atomic E-state index is 13.2. The average Bonchev–Trinajstić information content (AvgIpc) is 2.78. The Morgan fingerprint density at radius 1 is 1.04 bits per heavy atom. The maximum Gasteiger partial charge on any atom is 0.262 e. The van der Waals surface area contributed by atoms with Crippen molar-refractivity contribution in [3.63, 3.8) is 0 Å². The van der Waals surface area contributed by atoms with Gasteiger partial charge in [-0.05, 0) is 36.9 Å². The van der Waals surface area contributed by atoms with Crippen LogP contribution in [-0.2, 0) is 6.54 Å². The number of anilines is 1. The Balaban J connectivity index is 2.04. The molecule has 1 aliphatic heterocycles. The van der Waals surface area contributed by atoms with Gasteiger partial charge in [0.2, 0.25) is 0 Å². The number of amides is 1. The topological polar surface area (TPSA) is 42.0 Å². The van der Waals surface area contributed by atoms with Gasteiger partial charge in [-0.15, -0.1) is 0 Å². The highest BCUT2D eigenvalue weighted by Crippen LogP contribution is 2.30. The van der Waals surface area contributed by atoms with Crippen LogP contribution in [0.4, 0.5) is 5.69 Å². The lowest BCUT2D eigenvalue weighted by molar-refractivity contribution is 0.0982. The van der Waals surface area contributed by atoms with Crippen LogP contribution in [0.2, 0.25) is 0 Å². The standard InChI is InChI=1S/C19H22N2O3/c1-20-10-11-21(17-7-5-4-6-14(17)13-20)19(22)16-12-15(23-2)8-9-18(16)24-3/h4-9,12H,10-11,13H2,1-3H3. The monoisotopic (exact) mass is 326 g/mol. The summed E-state index contributed by atoms with van der Waals surface area (Å²) in [5.41, 5.74) is 2.61. The fraction of sp³-hybridized carbons (Fsp3) is 0.316. The number of benzene rings is 2. The summed E-state index contributed by atoms with van der Waals surface area (Å²) < 4.78 is 10.7. The Labute approximate surface area is 142 Å². The number of nitrogens with zero attached hydrogens (tertiary/aromatic N) is 2. The van der Waals surface area contributed by atoms with Crippen molar-refractivity contribution < 1.29 is 14.3 Å². The summed E-state index contributed by atoms with van der Waals surface area (Å²) in [7, 11) is 5.23. The first kappa shape index (κ1) is 16.3. The molecule has 0 unspecified atom stereocenters. The van der Waals surface area contributed by atoms with Gasteiger partial charge in [-0.25, -0.2) is 0 Å². The van der Waals surface area contributed by atoms with Crippen molar-refractivity contribution in [2.45, 2.75) is 6.54 Å². The first-order chi connectivity index (χ1) is 11.6. The zero-order chi connectivity index (χ0) is 17.1. The first-order valence-electron chi connectivity index (χ1n) is 7.94. The Morgan fingerprint density at radius 3 is 2.58 bits per heavy atom. The van der Waals surface area contributed by atoms with Crippen molar-refractivity contribution in [3.05, 3.63) is 53.6 Å². The second-order valence-electron chi connectivity index (χ2n) is 5.89. The van der Waals surface area contributed by atoms with E-state index in [4.69, 9.17) is 9.47 Å². The smallest absolute Gasteiger partial charge is 0.262 e. The third-order valence-corrected chi connectivity index (χ3v) is 4.31. The Kier molecular flexibility index (Phi) is 4.71. The zero-order valence-electron chi connectivity index (χ0n) is 14.3. The molecule has 1 heterocycles. The van der Waals surface area contributed by atoms with Gasteiger partial charge in [-0.1, -0.05) is 18.2 Å². The number of carbonyl (C=O) groups excluding carboxylic acids is 1. The van der Waals surface area contributed by atoms with Gasteiger partial charge in [-0.3, -0.25) is 4.79 Å². The number of hydrogen-bond donors (Lipinski definition) is 0. The lowest BCUT2D eigenvalue weighted by atomic mass is 10.1. The van der Waals surface area contributed by atoms with Gasteiger partial charge in [0.15, 0.2) is 0 Å². The Morgan fingerprint density at radius 2 is 1.83 bits per heavy atom. The van der Waals surface area contributed by atoms with Crippen molar-refractivity contribution in [1.29, 1.82) is 0 Å². The summed E-state index contributed by atoms with van der Waals surface area (Å²) >= 11 is 0. The fourth-order valence-electron chi connectivity index (χ4n) is 3.01. The minimum absolute atomic E-state index is 0.0755. The van der Waals surface area contributed by atoms with E-state index in [-0.39, 0.29) is 5.91 Å². The molecular weight excluding hydrogens is 304 g/mol. The molecule has 0 aromatic heterocycles. The van der Waals surface area contributed by atoms with E-state index in [1.165, 1.54) is 0 Å². The van der Waals surface area contributed by atoms with Gasteiger partial charge in [0, 0.05) is 25.3 Å². The predicted molar refractivity (Wildman–Crippen MR) is 94.0 cm³/mol. The number of para-hydroxylation sites is 1. The van der Waals surface area contributed by atoms with E-state index in [1.807, 2.05) is 23.1 Å². The van der Waals surface area contributed by atoms with Crippen LogP contribution in [0.1, 0.15) is 15.9 Å². The van der Waals surface area contributed by atoms with E-state index >= 15 is 0 Å². The maximum atomic E-state index is 13.2. The molecule has 0 spiro atoms. The third kappa shape index (κ3) is 3.08. The van der Waals surface area contributed by atoms with E-state index in [0.717, 1.165) is 24.3 Å². The molecule has 0 saturated heterocycles. The SMILES string of the molecule is COc1ccc(OC)c(C(=O)N2CCN(C)Cc3ccccc32)c1. The molecule has 2 aromatic carbocycles. The van der Waals surface area contributed by atoms with Crippen LogP contribution in [0.3, 0.4) is 0 Å². The molecule has 0 saturated carbocycles. The third-order valence-electron chi connectivity index (χ3n) is 4.31. The van der Waals surface area contributed by atoms with E-state index in [1.54, 1.807) is 32.4 Å². The number of rotatable bonds is 3. The number of carbonyl (C=O) groups is 1. The first-order valence-corrected chi connectivity index (χ1v) is 7.94. The molecule has 0 N–H and O–H groups in total. The van der Waals surface area contributed by atoms with Crippen LogP contribution in [0.5, 0.6) is 11.5 Å². The Hall–Kier alpha value is -2.53. The lowest BCUT2D eigenvalue weighted by Crippen LogP contribution is -2.35. The van der Waals surface area contributed by atoms with Crippen LogP contribution in [0.25, 0.3) is 0 Å². The van der Waals surface area contributed by atoms with Gasteiger partial charge in [0.25, 0.3) is 5.91 Å². The van der Waals surface area contributed by atoms with Crippen molar-refractivity contribution >= 4 is 11.6 Å². The molecule has 0 atom stereocenters. The number of fused-ring (bicyclic) bond motifs is 1. The molecule has 0 bridgehead atoms. The predicted octanol–water partition coefficient (Wildman–Crippen LogP) is 2.80. The molecular formula is C19H22N2O3. The highest BCUT2D eigenvalue weighted by molar-refractivity contribution is 6.08. The van der Waals surface area contributed by atoms with Gasteiger partial charge < -0.3 is 19.3 Å². The van der Waals surface area contributed by atoms with Crippen LogP contribution in [0.15, 0.2) is 42.5 Å². The van der Waals surface area contributed by atoms with Crippen LogP contribution in [-0.4, -0.2) is 45.2 Å². The molecule has 0 fully saturated rings. The highest BCUT2D eigenvalue weighted by atomic mass is 16.5. The summed E-state index contributed by atoms with van der Waals surface area (Å²) in [5.74, 6) is 1.11. The number of hydrogen-bond acceptors (Lipinski definition) is 4. The second-order valence-corrected chi connectivity index (χ2v) is 5.89. The summed E-state index contributed by atoms with van der Waals surface area (Å²) in [6, 6.07) is 13.3. The molecule has 24 heavy (non-hydrogen) atoms. The Bertz CT molecular complexity index is 745. The van der Waals surface area contributed by atoms with Crippen molar-refractivity contribution in [2.75, 3.05) is 39.3 Å². The van der Waals surface area contributed by atoms with E-state index in [2.05, 4.69) is 18.0 Å². The van der Waals surface area contributed by atoms with Crippen molar-refractivity contribution in [3.8, 4) is 11.5 Å². The summed E-state index contributed by atoms with van der Waals surface area (Å²) in [4.78, 5) is 17.3.